The molecule has 0 spiro atoms. The first-order valence-corrected chi connectivity index (χ1v) is 4.28. The molecule has 1 aromatic heterocycles. The molecule has 0 aliphatic carbocycles. The number of thiophene rings is 1. The van der Waals surface area contributed by atoms with Crippen molar-refractivity contribution in [3.05, 3.63) is 21.9 Å². The number of carbonyl (C=O) groups excluding carboxylic acids is 2. The number of aldehydes is 1. The summed E-state index contributed by atoms with van der Waals surface area (Å²) in [5, 5.41) is 3.41. The van der Waals surface area contributed by atoms with Crippen LogP contribution in [0.4, 0.5) is 0 Å². The van der Waals surface area contributed by atoms with Crippen molar-refractivity contribution in [2.45, 2.75) is 13.3 Å². The van der Waals surface area contributed by atoms with Crippen molar-refractivity contribution >= 4 is 23.4 Å². The molecule has 0 saturated heterocycles. The predicted octanol–water partition coefficient (Wildman–Crippen LogP) is 2.15. The lowest BCUT2D eigenvalue weighted by Crippen LogP contribution is -1.97. The Morgan fingerprint density at radius 1 is 1.64 bits per heavy atom. The third kappa shape index (κ3) is 1.54. The normalized spacial score (nSPS) is 9.55. The zero-order chi connectivity index (χ0) is 8.27. The maximum absolute atomic E-state index is 11.1. The summed E-state index contributed by atoms with van der Waals surface area (Å²) in [5.74, 6) is 0.0355. The monoisotopic (exact) mass is 168 g/mol. The second-order valence-corrected chi connectivity index (χ2v) is 2.88. The minimum Gasteiger partial charge on any atom is -0.298 e. The summed E-state index contributed by atoms with van der Waals surface area (Å²) in [4.78, 5) is 21.5. The van der Waals surface area contributed by atoms with Crippen molar-refractivity contribution in [1.82, 2.24) is 0 Å². The molecule has 11 heavy (non-hydrogen) atoms. The first-order chi connectivity index (χ1) is 5.29. The van der Waals surface area contributed by atoms with Crippen LogP contribution < -0.4 is 0 Å². The third-order valence-corrected chi connectivity index (χ3v) is 2.20. The van der Waals surface area contributed by atoms with Crippen LogP contribution in [0, 0.1) is 0 Å². The van der Waals surface area contributed by atoms with E-state index < -0.39 is 0 Å². The molecule has 0 aliphatic rings. The molecule has 1 heterocycles. The van der Waals surface area contributed by atoms with Gasteiger partial charge >= 0.3 is 0 Å². The SMILES string of the molecule is CCC(=O)c1cscc1C=O. The average Bonchev–Trinajstić information content (AvgIpc) is 2.50. The molecule has 58 valence electrons. The quantitative estimate of drug-likeness (QED) is 0.512. The highest BCUT2D eigenvalue weighted by molar-refractivity contribution is 7.08. The number of ketones is 1. The molecule has 0 unspecified atom stereocenters. The van der Waals surface area contributed by atoms with Crippen LogP contribution in [-0.2, 0) is 0 Å². The van der Waals surface area contributed by atoms with Crippen LogP contribution in [0.5, 0.6) is 0 Å². The second-order valence-electron chi connectivity index (χ2n) is 2.14. The van der Waals surface area contributed by atoms with Gasteiger partial charge in [0.1, 0.15) is 0 Å². The molecule has 0 aromatic carbocycles. The zero-order valence-corrected chi connectivity index (χ0v) is 6.98. The highest BCUT2D eigenvalue weighted by atomic mass is 32.1. The second kappa shape index (κ2) is 3.44. The summed E-state index contributed by atoms with van der Waals surface area (Å²) < 4.78 is 0. The summed E-state index contributed by atoms with van der Waals surface area (Å²) in [7, 11) is 0. The molecule has 0 radical (unpaired) electrons. The zero-order valence-electron chi connectivity index (χ0n) is 6.16. The highest BCUT2D eigenvalue weighted by Gasteiger charge is 2.08. The number of hydrogen-bond donors (Lipinski definition) is 0. The Bertz CT molecular complexity index is 275. The lowest BCUT2D eigenvalue weighted by Gasteiger charge is -1.91. The molecule has 0 bridgehead atoms. The van der Waals surface area contributed by atoms with Crippen LogP contribution in [0.3, 0.4) is 0 Å². The van der Waals surface area contributed by atoms with Crippen LogP contribution >= 0.6 is 11.3 Å². The van der Waals surface area contributed by atoms with Crippen LogP contribution in [0.25, 0.3) is 0 Å². The molecule has 0 saturated carbocycles. The van der Waals surface area contributed by atoms with Gasteiger partial charge in [-0.2, -0.15) is 11.3 Å². The van der Waals surface area contributed by atoms with E-state index in [1.807, 2.05) is 0 Å². The van der Waals surface area contributed by atoms with E-state index in [-0.39, 0.29) is 5.78 Å². The van der Waals surface area contributed by atoms with Gasteiger partial charge in [-0.15, -0.1) is 0 Å². The van der Waals surface area contributed by atoms with Gasteiger partial charge in [0, 0.05) is 28.3 Å². The van der Waals surface area contributed by atoms with Gasteiger partial charge in [-0.05, 0) is 0 Å². The molecule has 1 rings (SSSR count). The summed E-state index contributed by atoms with van der Waals surface area (Å²) in [6, 6.07) is 0. The van der Waals surface area contributed by atoms with E-state index in [2.05, 4.69) is 0 Å². The summed E-state index contributed by atoms with van der Waals surface area (Å²) in [6.07, 6.45) is 1.18. The Hall–Kier alpha value is -0.960. The van der Waals surface area contributed by atoms with E-state index in [1.54, 1.807) is 17.7 Å². The molecule has 0 aliphatic heterocycles. The van der Waals surface area contributed by atoms with Crippen LogP contribution in [0.1, 0.15) is 34.1 Å². The van der Waals surface area contributed by atoms with Crippen LogP contribution in [0.2, 0.25) is 0 Å². The average molecular weight is 168 g/mol. The van der Waals surface area contributed by atoms with E-state index in [4.69, 9.17) is 0 Å². The molecule has 0 atom stereocenters. The maximum Gasteiger partial charge on any atom is 0.164 e. The topological polar surface area (TPSA) is 34.1 Å². The van der Waals surface area contributed by atoms with Crippen molar-refractivity contribution in [2.24, 2.45) is 0 Å². The molecule has 1 aromatic rings. The summed E-state index contributed by atoms with van der Waals surface area (Å²) >= 11 is 1.38. The minimum atomic E-state index is 0.0355. The number of Topliss-reactive ketones (excluding diaryl/α,β-unsaturated/α-hetero) is 1. The Morgan fingerprint density at radius 3 is 2.91 bits per heavy atom. The number of rotatable bonds is 3. The Kier molecular flexibility index (Phi) is 2.54. The van der Waals surface area contributed by atoms with Gasteiger partial charge in [-0.3, -0.25) is 9.59 Å². The molecule has 0 amide bonds. The minimum absolute atomic E-state index is 0.0355. The maximum atomic E-state index is 11.1. The molecular weight excluding hydrogens is 160 g/mol. The van der Waals surface area contributed by atoms with Crippen molar-refractivity contribution in [3.8, 4) is 0 Å². The molecular formula is C8H8O2S. The fourth-order valence-electron chi connectivity index (χ4n) is 0.815. The van der Waals surface area contributed by atoms with E-state index in [1.165, 1.54) is 11.3 Å². The van der Waals surface area contributed by atoms with Gasteiger partial charge in [-0.25, -0.2) is 0 Å². The van der Waals surface area contributed by atoms with E-state index in [0.29, 0.717) is 17.5 Å². The van der Waals surface area contributed by atoms with Gasteiger partial charge in [0.2, 0.25) is 0 Å². The lowest BCUT2D eigenvalue weighted by atomic mass is 10.1. The molecule has 3 heteroatoms. The highest BCUT2D eigenvalue weighted by Crippen LogP contribution is 2.14. The Morgan fingerprint density at radius 2 is 2.36 bits per heavy atom. The predicted molar refractivity (Wildman–Crippen MR) is 44.3 cm³/mol. The number of hydrogen-bond acceptors (Lipinski definition) is 3. The number of carbonyl (C=O) groups is 2. The van der Waals surface area contributed by atoms with Gasteiger partial charge in [0.15, 0.2) is 12.1 Å². The molecule has 2 nitrogen and oxygen atoms in total. The van der Waals surface area contributed by atoms with Crippen molar-refractivity contribution in [1.29, 1.82) is 0 Å². The summed E-state index contributed by atoms with van der Waals surface area (Å²) in [6.45, 7) is 1.79. The van der Waals surface area contributed by atoms with Crippen LogP contribution in [-0.4, -0.2) is 12.1 Å². The van der Waals surface area contributed by atoms with Crippen LogP contribution in [0.15, 0.2) is 10.8 Å². The third-order valence-electron chi connectivity index (χ3n) is 1.44. The Labute approximate surface area is 68.9 Å². The molecule has 0 fully saturated rings. The fourth-order valence-corrected chi connectivity index (χ4v) is 1.62. The van der Waals surface area contributed by atoms with E-state index in [0.717, 1.165) is 6.29 Å². The standard InChI is InChI=1S/C8H8O2S/c1-2-8(10)7-5-11-4-6(7)3-9/h3-5H,2H2,1H3. The van der Waals surface area contributed by atoms with Crippen molar-refractivity contribution < 1.29 is 9.59 Å². The van der Waals surface area contributed by atoms with E-state index in [9.17, 15) is 9.59 Å². The van der Waals surface area contributed by atoms with Crippen molar-refractivity contribution in [2.75, 3.05) is 0 Å². The van der Waals surface area contributed by atoms with Gasteiger partial charge < -0.3 is 0 Å². The largest absolute Gasteiger partial charge is 0.298 e. The first-order valence-electron chi connectivity index (χ1n) is 3.34. The van der Waals surface area contributed by atoms with Gasteiger partial charge in [0.25, 0.3) is 0 Å². The van der Waals surface area contributed by atoms with E-state index >= 15 is 0 Å². The van der Waals surface area contributed by atoms with Crippen molar-refractivity contribution in [3.63, 3.8) is 0 Å². The van der Waals surface area contributed by atoms with Gasteiger partial charge in [0.05, 0.1) is 0 Å². The molecule has 0 N–H and O–H groups in total. The van der Waals surface area contributed by atoms with Gasteiger partial charge in [-0.1, -0.05) is 6.92 Å². The smallest absolute Gasteiger partial charge is 0.164 e. The summed E-state index contributed by atoms with van der Waals surface area (Å²) in [5.41, 5.74) is 1.08. The first kappa shape index (κ1) is 8.14. The fraction of sp³-hybridized carbons (Fsp3) is 0.250. The lowest BCUT2D eigenvalue weighted by molar-refractivity contribution is 0.0982. The Balaban J connectivity index is 3.01.